The zero-order valence-corrected chi connectivity index (χ0v) is 6.23. The van der Waals surface area contributed by atoms with Gasteiger partial charge in [-0.05, 0) is 0 Å². The topological polar surface area (TPSA) is 26.0 Å². The molecule has 1 unspecified atom stereocenters. The third-order valence-electron chi connectivity index (χ3n) is 1.63. The molecule has 2 N–H and O–H groups in total. The summed E-state index contributed by atoms with van der Waals surface area (Å²) in [6.07, 6.45) is 0. The highest BCUT2D eigenvalue weighted by Gasteiger charge is 1.95. The molecule has 0 spiro atoms. The van der Waals surface area contributed by atoms with Crippen molar-refractivity contribution in [1.82, 2.24) is 0 Å². The lowest BCUT2D eigenvalue weighted by Gasteiger charge is -2.33. The van der Waals surface area contributed by atoms with Crippen LogP contribution in [0.4, 0.5) is 0 Å². The largest absolute Gasteiger partial charge is 0.357 e. The molecule has 1 heteroatoms. The Morgan fingerprint density at radius 2 is 1.62 bits per heavy atom. The molecular weight excluding hydrogens is 98.1 g/mol. The molecule has 0 heterocycles. The van der Waals surface area contributed by atoms with Gasteiger partial charge in [-0.1, -0.05) is 20.8 Å². The molecule has 50 valence electrons. The van der Waals surface area contributed by atoms with Gasteiger partial charge in [-0.2, -0.15) is 12.8 Å². The molecule has 0 aromatic carbocycles. The summed E-state index contributed by atoms with van der Waals surface area (Å²) in [7, 11) is 0. The third-order valence-corrected chi connectivity index (χ3v) is 1.63. The van der Waals surface area contributed by atoms with Crippen LogP contribution in [-0.4, -0.2) is 6.04 Å². The van der Waals surface area contributed by atoms with Gasteiger partial charge in [0.15, 0.2) is 0 Å². The highest BCUT2D eigenvalue weighted by Crippen LogP contribution is 2.14. The Bertz CT molecular complexity index is 49.4. The molecule has 0 aliphatic rings. The molecule has 0 saturated heterocycles. The second-order valence-corrected chi connectivity index (χ2v) is 2.69. The first-order valence-corrected chi connectivity index (χ1v) is 3.14. The molecule has 1 nitrogen and oxygen atoms in total. The van der Waals surface area contributed by atoms with Crippen molar-refractivity contribution < 1.29 is 0 Å². The summed E-state index contributed by atoms with van der Waals surface area (Å²) in [6.45, 7) is 8.46. The molecule has 0 radical (unpaired) electrons. The van der Waals surface area contributed by atoms with E-state index in [9.17, 15) is 0 Å². The van der Waals surface area contributed by atoms with E-state index in [1.54, 1.807) is 0 Å². The summed E-state index contributed by atoms with van der Waals surface area (Å²) in [4.78, 5) is 0. The quantitative estimate of drug-likeness (QED) is 0.542. The molecule has 8 heavy (non-hydrogen) atoms. The minimum Gasteiger partial charge on any atom is -0.357 e. The van der Waals surface area contributed by atoms with E-state index in [-0.39, 0.29) is 6.04 Å². The van der Waals surface area contributed by atoms with Gasteiger partial charge in [0.1, 0.15) is 0 Å². The predicted molar refractivity (Wildman–Crippen MR) is 37.4 cm³/mol. The molecule has 0 aliphatic carbocycles. The van der Waals surface area contributed by atoms with Gasteiger partial charge in [0, 0.05) is 0 Å². The molecule has 0 aromatic rings. The molecule has 0 fully saturated rings. The zero-order valence-electron chi connectivity index (χ0n) is 6.23. The fourth-order valence-electron chi connectivity index (χ4n) is 0.526. The fraction of sp³-hybridized carbons (Fsp3) is 0.857. The van der Waals surface area contributed by atoms with Crippen LogP contribution in [-0.2, 0) is 0 Å². The lowest BCUT2D eigenvalue weighted by molar-refractivity contribution is 0.571. The fourth-order valence-corrected chi connectivity index (χ4v) is 0.526. The van der Waals surface area contributed by atoms with Crippen LogP contribution in [0.3, 0.4) is 0 Å². The number of hydrogen-bond acceptors (Lipinski definition) is 1. The first kappa shape index (κ1) is 7.96. The van der Waals surface area contributed by atoms with Gasteiger partial charge < -0.3 is 5.73 Å². The van der Waals surface area contributed by atoms with Gasteiger partial charge in [-0.3, -0.25) is 5.92 Å². The second kappa shape index (κ2) is 3.08. The molecule has 0 aliphatic heterocycles. The third kappa shape index (κ3) is 2.31. The number of hydrogen-bond donors (Lipinski definition) is 1. The van der Waals surface area contributed by atoms with Crippen LogP contribution in [0.5, 0.6) is 0 Å². The normalized spacial score (nSPS) is 15.4. The molecule has 0 amide bonds. The van der Waals surface area contributed by atoms with E-state index in [0.717, 1.165) is 0 Å². The molecule has 0 bridgehead atoms. The van der Waals surface area contributed by atoms with E-state index < -0.39 is 0 Å². The standard InChI is InChI=1S/C7H16N/c1-5(2)6(3)7(4)8/h5,7H,8H2,1-4H3/q-1. The predicted octanol–water partition coefficient (Wildman–Crippen LogP) is 1.58. The molecular formula is C7H16N-. The Labute approximate surface area is 52.3 Å². The van der Waals surface area contributed by atoms with E-state index >= 15 is 0 Å². The van der Waals surface area contributed by atoms with E-state index in [2.05, 4.69) is 20.8 Å². The van der Waals surface area contributed by atoms with Crippen molar-refractivity contribution in [2.75, 3.05) is 0 Å². The first-order chi connectivity index (χ1) is 3.55. The lowest BCUT2D eigenvalue weighted by atomic mass is 9.92. The van der Waals surface area contributed by atoms with E-state index in [1.165, 1.54) is 5.92 Å². The van der Waals surface area contributed by atoms with Crippen molar-refractivity contribution in [1.29, 1.82) is 0 Å². The summed E-state index contributed by atoms with van der Waals surface area (Å²) in [5, 5.41) is 0. The van der Waals surface area contributed by atoms with Gasteiger partial charge in [0.25, 0.3) is 0 Å². The smallest absolute Gasteiger partial charge is 0.0778 e. The Kier molecular flexibility index (Phi) is 3.06. The van der Waals surface area contributed by atoms with Crippen LogP contribution in [0.15, 0.2) is 0 Å². The number of rotatable bonds is 2. The Balaban J connectivity index is 3.46. The van der Waals surface area contributed by atoms with Crippen molar-refractivity contribution in [2.45, 2.75) is 33.7 Å². The monoisotopic (exact) mass is 114 g/mol. The summed E-state index contributed by atoms with van der Waals surface area (Å²) in [6, 6.07) is 0.259. The van der Waals surface area contributed by atoms with E-state index in [4.69, 9.17) is 5.73 Å². The molecule has 1 atom stereocenters. The van der Waals surface area contributed by atoms with Gasteiger partial charge in [-0.15, -0.1) is 6.04 Å². The Hall–Kier alpha value is -0.0400. The van der Waals surface area contributed by atoms with Gasteiger partial charge in [0.05, 0.1) is 0 Å². The summed E-state index contributed by atoms with van der Waals surface area (Å²) >= 11 is 0. The van der Waals surface area contributed by atoms with Crippen LogP contribution >= 0.6 is 0 Å². The minimum atomic E-state index is 0.259. The van der Waals surface area contributed by atoms with E-state index in [0.29, 0.717) is 5.92 Å². The van der Waals surface area contributed by atoms with Crippen molar-refractivity contribution in [3.05, 3.63) is 5.92 Å². The van der Waals surface area contributed by atoms with Crippen molar-refractivity contribution in [2.24, 2.45) is 11.7 Å². The van der Waals surface area contributed by atoms with Crippen LogP contribution in [0.1, 0.15) is 27.7 Å². The molecule has 0 aromatic heterocycles. The highest BCUT2D eigenvalue weighted by molar-refractivity contribution is 4.95. The zero-order chi connectivity index (χ0) is 6.73. The van der Waals surface area contributed by atoms with Crippen molar-refractivity contribution in [3.63, 3.8) is 0 Å². The van der Waals surface area contributed by atoms with Gasteiger partial charge in [-0.25, -0.2) is 0 Å². The maximum absolute atomic E-state index is 5.60. The SMILES string of the molecule is C[C-](C(C)C)C(C)N. The van der Waals surface area contributed by atoms with Crippen LogP contribution in [0, 0.1) is 11.8 Å². The minimum absolute atomic E-state index is 0.259. The van der Waals surface area contributed by atoms with Gasteiger partial charge in [0.2, 0.25) is 0 Å². The summed E-state index contributed by atoms with van der Waals surface area (Å²) < 4.78 is 0. The van der Waals surface area contributed by atoms with Crippen LogP contribution in [0.2, 0.25) is 0 Å². The van der Waals surface area contributed by atoms with Crippen molar-refractivity contribution >= 4 is 0 Å². The Morgan fingerprint density at radius 3 is 1.62 bits per heavy atom. The lowest BCUT2D eigenvalue weighted by Crippen LogP contribution is -2.25. The van der Waals surface area contributed by atoms with Crippen molar-refractivity contribution in [3.8, 4) is 0 Å². The number of nitrogens with two attached hydrogens (primary N) is 1. The Morgan fingerprint density at radius 1 is 1.25 bits per heavy atom. The van der Waals surface area contributed by atoms with Crippen LogP contribution < -0.4 is 5.73 Å². The maximum atomic E-state index is 5.60. The summed E-state index contributed by atoms with van der Waals surface area (Å²) in [5.74, 6) is 2.01. The molecule has 0 rings (SSSR count). The van der Waals surface area contributed by atoms with Gasteiger partial charge >= 0.3 is 0 Å². The first-order valence-electron chi connectivity index (χ1n) is 3.14. The maximum Gasteiger partial charge on any atom is -0.0778 e. The average molecular weight is 114 g/mol. The molecule has 0 saturated carbocycles. The summed E-state index contributed by atoms with van der Waals surface area (Å²) in [5.41, 5.74) is 5.60. The average Bonchev–Trinajstić information content (AvgIpc) is 1.64. The van der Waals surface area contributed by atoms with E-state index in [1.807, 2.05) is 6.92 Å². The highest BCUT2D eigenvalue weighted by atomic mass is 14.6. The second-order valence-electron chi connectivity index (χ2n) is 2.69. The van der Waals surface area contributed by atoms with Crippen LogP contribution in [0.25, 0.3) is 0 Å².